The van der Waals surface area contributed by atoms with Gasteiger partial charge in [-0.15, -0.1) is 13.2 Å². The number of hydrogen-bond donors (Lipinski definition) is 2. The summed E-state index contributed by atoms with van der Waals surface area (Å²) in [6, 6.07) is 21.2. The average molecular weight is 666 g/mol. The molecular formula is C39H43N3O7. The van der Waals surface area contributed by atoms with Gasteiger partial charge in [-0.25, -0.2) is 0 Å². The molecule has 3 fully saturated rings. The third-order valence-electron chi connectivity index (χ3n) is 10.00. The van der Waals surface area contributed by atoms with Crippen molar-refractivity contribution in [3.05, 3.63) is 104 Å². The highest BCUT2D eigenvalue weighted by atomic mass is 16.5. The van der Waals surface area contributed by atoms with Gasteiger partial charge in [-0.1, -0.05) is 72.8 Å². The van der Waals surface area contributed by atoms with Crippen LogP contribution in [-0.4, -0.2) is 77.7 Å². The maximum absolute atomic E-state index is 14.8. The van der Waals surface area contributed by atoms with Crippen LogP contribution in [0.25, 0.3) is 10.8 Å². The standard InChI is InChI=1S/C39H43N3O7/c1-3-5-16-32(44)48-25-30(27-13-7-6-8-14-27)40-36(45)33-31-19-20-39(49-31)34(33)37(46)42(22-11-23-43)35(39)38(47)41(21-4-2)29-18-17-26-12-9-10-15-28(26)24-29/h3-4,6-10,12-15,17-18,24,30-31,33-35,43H,1-2,5,11,16,19-23,25H2,(H,40,45)/t30-,31-,33+,34+,35-,39+/m1/s1. The van der Waals surface area contributed by atoms with Crippen LogP contribution < -0.4 is 10.2 Å². The number of likely N-dealkylation sites (tertiary alicyclic amines) is 1. The second-order valence-corrected chi connectivity index (χ2v) is 12.9. The van der Waals surface area contributed by atoms with Gasteiger partial charge in [0.1, 0.15) is 18.2 Å². The number of benzene rings is 3. The first-order chi connectivity index (χ1) is 23.8. The van der Waals surface area contributed by atoms with Crippen LogP contribution >= 0.6 is 0 Å². The third kappa shape index (κ3) is 6.50. The molecule has 0 saturated carbocycles. The molecule has 0 unspecified atom stereocenters. The molecule has 0 aromatic heterocycles. The Morgan fingerprint density at radius 1 is 1.06 bits per heavy atom. The van der Waals surface area contributed by atoms with Gasteiger partial charge in [0.05, 0.1) is 24.0 Å². The van der Waals surface area contributed by atoms with Gasteiger partial charge in [-0.2, -0.15) is 0 Å². The molecule has 49 heavy (non-hydrogen) atoms. The molecule has 256 valence electrons. The van der Waals surface area contributed by atoms with Crippen LogP contribution in [0.4, 0.5) is 5.69 Å². The Morgan fingerprint density at radius 2 is 1.82 bits per heavy atom. The van der Waals surface area contributed by atoms with Crippen LogP contribution in [-0.2, 0) is 28.7 Å². The molecule has 10 heteroatoms. The van der Waals surface area contributed by atoms with Crippen LogP contribution in [0.15, 0.2) is 98.1 Å². The summed E-state index contributed by atoms with van der Waals surface area (Å²) in [5.41, 5.74) is 0.191. The van der Waals surface area contributed by atoms with Crippen molar-refractivity contribution in [1.82, 2.24) is 10.2 Å². The summed E-state index contributed by atoms with van der Waals surface area (Å²) in [6.07, 6.45) is 4.59. The lowest BCUT2D eigenvalue weighted by molar-refractivity contribution is -0.146. The summed E-state index contributed by atoms with van der Waals surface area (Å²) in [7, 11) is 0. The number of nitrogens with one attached hydrogen (secondary N) is 1. The van der Waals surface area contributed by atoms with E-state index in [0.29, 0.717) is 24.9 Å². The van der Waals surface area contributed by atoms with Crippen molar-refractivity contribution in [2.45, 2.75) is 55.9 Å². The predicted octanol–water partition coefficient (Wildman–Crippen LogP) is 4.48. The van der Waals surface area contributed by atoms with Crippen LogP contribution in [0.2, 0.25) is 0 Å². The molecule has 3 heterocycles. The highest BCUT2D eigenvalue weighted by Gasteiger charge is 2.74. The van der Waals surface area contributed by atoms with Crippen LogP contribution in [0.3, 0.4) is 0 Å². The minimum atomic E-state index is -1.22. The summed E-state index contributed by atoms with van der Waals surface area (Å²) in [5.74, 6) is -3.20. The van der Waals surface area contributed by atoms with E-state index >= 15 is 0 Å². The Bertz CT molecular complexity index is 1730. The predicted molar refractivity (Wildman–Crippen MR) is 185 cm³/mol. The Balaban J connectivity index is 1.30. The van der Waals surface area contributed by atoms with Gasteiger partial charge in [0.15, 0.2) is 0 Å². The zero-order chi connectivity index (χ0) is 34.5. The van der Waals surface area contributed by atoms with E-state index in [2.05, 4.69) is 18.5 Å². The van der Waals surface area contributed by atoms with Gasteiger partial charge in [0.25, 0.3) is 5.91 Å². The van der Waals surface area contributed by atoms with E-state index in [1.165, 1.54) is 4.90 Å². The number of ether oxygens (including phenoxy) is 2. The van der Waals surface area contributed by atoms with Crippen molar-refractivity contribution in [2.24, 2.45) is 11.8 Å². The molecule has 0 aliphatic carbocycles. The lowest BCUT2D eigenvalue weighted by atomic mass is 9.70. The van der Waals surface area contributed by atoms with Crippen molar-refractivity contribution < 1.29 is 33.8 Å². The average Bonchev–Trinajstić information content (AvgIpc) is 3.77. The summed E-state index contributed by atoms with van der Waals surface area (Å²) in [6.45, 7) is 7.63. The normalized spacial score (nSPS) is 24.3. The van der Waals surface area contributed by atoms with Gasteiger partial charge < -0.3 is 29.7 Å². The Labute approximate surface area is 286 Å². The topological polar surface area (TPSA) is 125 Å². The van der Waals surface area contributed by atoms with Gasteiger partial charge >= 0.3 is 5.97 Å². The van der Waals surface area contributed by atoms with Gasteiger partial charge in [-0.05, 0) is 54.2 Å². The number of esters is 1. The number of aliphatic hydroxyl groups excluding tert-OH is 1. The van der Waals surface area contributed by atoms with E-state index in [1.807, 2.05) is 72.8 Å². The van der Waals surface area contributed by atoms with Crippen molar-refractivity contribution >= 4 is 40.2 Å². The quantitative estimate of drug-likeness (QED) is 0.181. The van der Waals surface area contributed by atoms with Crippen LogP contribution in [0, 0.1) is 11.8 Å². The number of aliphatic hydroxyl groups is 1. The zero-order valence-electron chi connectivity index (χ0n) is 27.5. The number of fused-ring (bicyclic) bond motifs is 2. The fraction of sp³-hybridized carbons (Fsp3) is 0.385. The number of nitrogens with zero attached hydrogens (tertiary/aromatic N) is 2. The Kier molecular flexibility index (Phi) is 10.3. The van der Waals surface area contributed by atoms with Gasteiger partial charge in [-0.3, -0.25) is 19.2 Å². The molecular weight excluding hydrogens is 622 g/mol. The third-order valence-corrected chi connectivity index (χ3v) is 10.00. The van der Waals surface area contributed by atoms with Crippen molar-refractivity contribution in [1.29, 1.82) is 0 Å². The molecule has 0 radical (unpaired) electrons. The summed E-state index contributed by atoms with van der Waals surface area (Å²) in [4.78, 5) is 58.9. The van der Waals surface area contributed by atoms with E-state index in [1.54, 1.807) is 17.1 Å². The molecule has 10 nitrogen and oxygen atoms in total. The van der Waals surface area contributed by atoms with Crippen molar-refractivity contribution in [3.63, 3.8) is 0 Å². The first kappa shape index (κ1) is 34.1. The molecule has 6 atom stereocenters. The summed E-state index contributed by atoms with van der Waals surface area (Å²) < 4.78 is 12.2. The monoisotopic (exact) mass is 665 g/mol. The highest BCUT2D eigenvalue weighted by Crippen LogP contribution is 2.58. The number of amides is 3. The molecule has 6 rings (SSSR count). The number of allylic oxidation sites excluding steroid dienone is 1. The number of carbonyl (C=O) groups is 4. The minimum absolute atomic E-state index is 0.0836. The molecule has 3 saturated heterocycles. The maximum atomic E-state index is 14.8. The van der Waals surface area contributed by atoms with Gasteiger partial charge in [0, 0.05) is 31.8 Å². The van der Waals surface area contributed by atoms with Crippen molar-refractivity contribution in [2.75, 3.05) is 31.2 Å². The van der Waals surface area contributed by atoms with Gasteiger partial charge in [0.2, 0.25) is 11.8 Å². The number of rotatable bonds is 15. The van der Waals surface area contributed by atoms with Crippen LogP contribution in [0.5, 0.6) is 0 Å². The Hall–Kier alpha value is -4.80. The lowest BCUT2D eigenvalue weighted by Crippen LogP contribution is -2.56. The molecule has 2 N–H and O–H groups in total. The maximum Gasteiger partial charge on any atom is 0.306 e. The smallest absolute Gasteiger partial charge is 0.306 e. The summed E-state index contributed by atoms with van der Waals surface area (Å²) in [5, 5.41) is 14.8. The van der Waals surface area contributed by atoms with E-state index in [0.717, 1.165) is 16.3 Å². The van der Waals surface area contributed by atoms with E-state index in [4.69, 9.17) is 9.47 Å². The fourth-order valence-electron chi connectivity index (χ4n) is 7.80. The largest absolute Gasteiger partial charge is 0.463 e. The molecule has 3 aliphatic heterocycles. The molecule has 3 amide bonds. The Morgan fingerprint density at radius 3 is 2.55 bits per heavy atom. The van der Waals surface area contributed by atoms with Crippen molar-refractivity contribution in [3.8, 4) is 0 Å². The second-order valence-electron chi connectivity index (χ2n) is 12.9. The summed E-state index contributed by atoms with van der Waals surface area (Å²) >= 11 is 0. The minimum Gasteiger partial charge on any atom is -0.463 e. The van der Waals surface area contributed by atoms with E-state index in [-0.39, 0.29) is 51.0 Å². The lowest BCUT2D eigenvalue weighted by Gasteiger charge is -2.37. The molecule has 3 aliphatic rings. The highest BCUT2D eigenvalue weighted by molar-refractivity contribution is 6.05. The molecule has 2 bridgehead atoms. The first-order valence-electron chi connectivity index (χ1n) is 16.9. The number of hydrogen-bond acceptors (Lipinski definition) is 7. The van der Waals surface area contributed by atoms with E-state index in [9.17, 15) is 24.3 Å². The molecule has 1 spiro atoms. The SMILES string of the molecule is C=CCCC(=O)OC[C@@H](NC(=O)[C@@H]1[C@H]2C(=O)N(CCCO)[C@H](C(=O)N(CC=C)c3ccc4ccccc4c3)[C@]23CC[C@H]1O3)c1ccccc1. The zero-order valence-corrected chi connectivity index (χ0v) is 27.5. The fourth-order valence-corrected chi connectivity index (χ4v) is 7.80. The van der Waals surface area contributed by atoms with Crippen LogP contribution in [0.1, 0.15) is 43.7 Å². The number of anilines is 1. The first-order valence-corrected chi connectivity index (χ1v) is 16.9. The van der Waals surface area contributed by atoms with E-state index < -0.39 is 47.5 Å². The number of carbonyl (C=O) groups excluding carboxylic acids is 4. The molecule has 3 aromatic rings. The second kappa shape index (κ2) is 14.8. The molecule has 3 aromatic carbocycles.